The monoisotopic (exact) mass is 558 g/mol. The summed E-state index contributed by atoms with van der Waals surface area (Å²) < 4.78 is 73.0. The molecule has 0 saturated carbocycles. The summed E-state index contributed by atoms with van der Waals surface area (Å²) in [6, 6.07) is 13.6. The average Bonchev–Trinajstić information content (AvgIpc) is 3.28. The Morgan fingerprint density at radius 2 is 1.56 bits per heavy atom. The lowest BCUT2D eigenvalue weighted by molar-refractivity contribution is -0.117. The molecule has 0 fully saturated rings. The zero-order valence-corrected chi connectivity index (χ0v) is 22.9. The highest BCUT2D eigenvalue weighted by molar-refractivity contribution is 7.91. The van der Waals surface area contributed by atoms with Gasteiger partial charge in [-0.2, -0.15) is 4.39 Å². The van der Waals surface area contributed by atoms with Crippen LogP contribution in [0.15, 0.2) is 59.5 Å². The second-order valence-corrected chi connectivity index (χ2v) is 12.0. The fourth-order valence-electron chi connectivity index (χ4n) is 4.47. The number of carbonyl (C=O) groups excluding carboxylic acids is 1. The maximum absolute atomic E-state index is 14.3. The smallest absolute Gasteiger partial charge is 0.203 e. The molecule has 4 rings (SSSR count). The summed E-state index contributed by atoms with van der Waals surface area (Å²) in [6.45, 7) is 7.32. The quantitative estimate of drug-likeness (QED) is 0.225. The van der Waals surface area contributed by atoms with Crippen molar-refractivity contribution in [1.29, 1.82) is 0 Å². The molecule has 0 radical (unpaired) electrons. The summed E-state index contributed by atoms with van der Waals surface area (Å²) in [5.41, 5.74) is 1.65. The maximum atomic E-state index is 14.3. The van der Waals surface area contributed by atoms with Crippen LogP contribution in [-0.4, -0.2) is 29.5 Å². The molecule has 10 heteroatoms. The minimum absolute atomic E-state index is 0.00818. The van der Waals surface area contributed by atoms with Gasteiger partial charge in [0.2, 0.25) is 5.82 Å². The zero-order valence-electron chi connectivity index (χ0n) is 22.1. The predicted molar refractivity (Wildman–Crippen MR) is 142 cm³/mol. The molecule has 206 valence electrons. The first-order chi connectivity index (χ1) is 18.4. The molecular formula is C29H29F3N2O4S. The number of halogens is 3. The van der Waals surface area contributed by atoms with Crippen molar-refractivity contribution >= 4 is 26.7 Å². The standard InChI is InChI=1S/C29H29F3N2O4S/c1-5-34-24-13-9-19(16-20(35)15-18-7-10-21(11-8-18)39(36,37)6-2)17-23(24)33-28(34)29(3,4)38-25-14-12-22(30)26(31)27(25)32/h7-14,17H,5-6,15-16H2,1-4H3. The summed E-state index contributed by atoms with van der Waals surface area (Å²) in [7, 11) is -3.30. The molecule has 0 atom stereocenters. The Morgan fingerprint density at radius 3 is 2.21 bits per heavy atom. The van der Waals surface area contributed by atoms with Crippen LogP contribution in [-0.2, 0) is 39.6 Å². The molecule has 0 amide bonds. The number of imidazole rings is 1. The number of aromatic nitrogens is 2. The molecule has 1 heterocycles. The molecule has 0 aliphatic carbocycles. The van der Waals surface area contributed by atoms with Gasteiger partial charge in [-0.1, -0.05) is 25.1 Å². The molecule has 6 nitrogen and oxygen atoms in total. The van der Waals surface area contributed by atoms with E-state index in [4.69, 9.17) is 9.72 Å². The highest BCUT2D eigenvalue weighted by Gasteiger charge is 2.31. The second kappa shape index (κ2) is 10.8. The van der Waals surface area contributed by atoms with Crippen LogP contribution in [0.2, 0.25) is 0 Å². The Hall–Kier alpha value is -3.66. The minimum Gasteiger partial charge on any atom is -0.477 e. The minimum atomic E-state index is -3.30. The van der Waals surface area contributed by atoms with Gasteiger partial charge >= 0.3 is 0 Å². The van der Waals surface area contributed by atoms with Gasteiger partial charge < -0.3 is 9.30 Å². The van der Waals surface area contributed by atoms with Crippen LogP contribution in [0.5, 0.6) is 5.75 Å². The van der Waals surface area contributed by atoms with E-state index in [9.17, 15) is 26.4 Å². The zero-order chi connectivity index (χ0) is 28.5. The van der Waals surface area contributed by atoms with Gasteiger partial charge in [0.1, 0.15) is 5.78 Å². The lowest BCUT2D eigenvalue weighted by Crippen LogP contribution is -2.30. The molecule has 3 aromatic carbocycles. The summed E-state index contributed by atoms with van der Waals surface area (Å²) in [4.78, 5) is 17.7. The van der Waals surface area contributed by atoms with E-state index < -0.39 is 38.6 Å². The maximum Gasteiger partial charge on any atom is 0.203 e. The van der Waals surface area contributed by atoms with Gasteiger partial charge in [-0.25, -0.2) is 22.2 Å². The van der Waals surface area contributed by atoms with Crippen LogP contribution >= 0.6 is 0 Å². The first-order valence-electron chi connectivity index (χ1n) is 12.5. The van der Waals surface area contributed by atoms with E-state index >= 15 is 0 Å². The number of carbonyl (C=O) groups is 1. The van der Waals surface area contributed by atoms with Gasteiger partial charge in [0.15, 0.2) is 38.6 Å². The van der Waals surface area contributed by atoms with Crippen LogP contribution in [0.3, 0.4) is 0 Å². The van der Waals surface area contributed by atoms with Crippen molar-refractivity contribution in [3.8, 4) is 5.75 Å². The predicted octanol–water partition coefficient (Wildman–Crippen LogP) is 5.94. The van der Waals surface area contributed by atoms with Gasteiger partial charge in [-0.15, -0.1) is 0 Å². The Bertz CT molecular complexity index is 1650. The molecule has 0 bridgehead atoms. The molecule has 0 N–H and O–H groups in total. The number of ether oxygens (including phenoxy) is 1. The van der Waals surface area contributed by atoms with Crippen LogP contribution in [0.25, 0.3) is 11.0 Å². The van der Waals surface area contributed by atoms with Crippen molar-refractivity contribution in [1.82, 2.24) is 9.55 Å². The van der Waals surface area contributed by atoms with Crippen LogP contribution in [0, 0.1) is 17.5 Å². The van der Waals surface area contributed by atoms with Gasteiger partial charge in [-0.3, -0.25) is 4.79 Å². The molecule has 0 saturated heterocycles. The summed E-state index contributed by atoms with van der Waals surface area (Å²) in [5, 5.41) is 0. The average molecular weight is 559 g/mol. The molecule has 1 aromatic heterocycles. The SMILES string of the molecule is CCn1c(C(C)(C)Oc2ccc(F)c(F)c2F)nc2cc(CC(=O)Cc3ccc(S(=O)(=O)CC)cc3)ccc21. The summed E-state index contributed by atoms with van der Waals surface area (Å²) in [6.07, 6.45) is 0.305. The largest absolute Gasteiger partial charge is 0.477 e. The van der Waals surface area contributed by atoms with Gasteiger partial charge in [0.05, 0.1) is 21.7 Å². The number of nitrogens with zero attached hydrogens (tertiary/aromatic N) is 2. The number of benzene rings is 3. The Balaban J connectivity index is 1.55. The lowest BCUT2D eigenvalue weighted by atomic mass is 10.0. The molecule has 0 aliphatic heterocycles. The van der Waals surface area contributed by atoms with Crippen molar-refractivity contribution in [3.05, 3.63) is 89.0 Å². The van der Waals surface area contributed by atoms with Gasteiger partial charge in [-0.05, 0) is 68.3 Å². The number of aryl methyl sites for hydroxylation is 1. The second-order valence-electron chi connectivity index (χ2n) is 9.73. The summed E-state index contributed by atoms with van der Waals surface area (Å²) in [5.74, 6) is -4.34. The van der Waals surface area contributed by atoms with Gasteiger partial charge in [0.25, 0.3) is 0 Å². The van der Waals surface area contributed by atoms with E-state index in [0.717, 1.165) is 28.8 Å². The van der Waals surface area contributed by atoms with E-state index in [2.05, 4.69) is 0 Å². The lowest BCUT2D eigenvalue weighted by Gasteiger charge is -2.27. The number of hydrogen-bond acceptors (Lipinski definition) is 5. The molecule has 0 unspecified atom stereocenters. The number of rotatable bonds is 10. The number of hydrogen-bond donors (Lipinski definition) is 0. The molecule has 4 aromatic rings. The van der Waals surface area contributed by atoms with Gasteiger partial charge in [0, 0.05) is 19.4 Å². The third-order valence-corrected chi connectivity index (χ3v) is 8.25. The van der Waals surface area contributed by atoms with Crippen molar-refractivity contribution in [2.75, 3.05) is 5.75 Å². The van der Waals surface area contributed by atoms with E-state index in [1.165, 1.54) is 12.1 Å². The molecule has 39 heavy (non-hydrogen) atoms. The topological polar surface area (TPSA) is 78.3 Å². The van der Waals surface area contributed by atoms with Crippen LogP contribution < -0.4 is 4.74 Å². The third kappa shape index (κ3) is 5.85. The van der Waals surface area contributed by atoms with Crippen molar-refractivity contribution < 1.29 is 31.1 Å². The number of ketones is 1. The van der Waals surface area contributed by atoms with E-state index in [1.807, 2.05) is 23.6 Å². The number of fused-ring (bicyclic) bond motifs is 1. The summed E-state index contributed by atoms with van der Waals surface area (Å²) >= 11 is 0. The van der Waals surface area contributed by atoms with Crippen molar-refractivity contribution in [2.24, 2.45) is 0 Å². The van der Waals surface area contributed by atoms with E-state index in [0.29, 0.717) is 17.9 Å². The van der Waals surface area contributed by atoms with E-state index in [1.54, 1.807) is 39.0 Å². The Morgan fingerprint density at radius 1 is 0.923 bits per heavy atom. The number of sulfone groups is 1. The molecule has 0 spiro atoms. The fraction of sp³-hybridized carbons (Fsp3) is 0.310. The normalized spacial score (nSPS) is 12.2. The van der Waals surface area contributed by atoms with Crippen molar-refractivity contribution in [3.63, 3.8) is 0 Å². The van der Waals surface area contributed by atoms with Crippen molar-refractivity contribution in [2.45, 2.75) is 57.6 Å². The highest BCUT2D eigenvalue weighted by atomic mass is 32.2. The Labute approximate surface area is 225 Å². The first-order valence-corrected chi connectivity index (χ1v) is 14.2. The molecular weight excluding hydrogens is 529 g/mol. The van der Waals surface area contributed by atoms with E-state index in [-0.39, 0.29) is 29.3 Å². The first kappa shape index (κ1) is 28.4. The molecule has 0 aliphatic rings. The highest BCUT2D eigenvalue weighted by Crippen LogP contribution is 2.33. The van der Waals surface area contributed by atoms with Crippen LogP contribution in [0.1, 0.15) is 44.6 Å². The fourth-order valence-corrected chi connectivity index (χ4v) is 5.36. The Kier molecular flexibility index (Phi) is 7.88. The number of Topliss-reactive ketones (excluding diaryl/α,β-unsaturated/α-hetero) is 1. The van der Waals surface area contributed by atoms with Crippen LogP contribution in [0.4, 0.5) is 13.2 Å². The third-order valence-electron chi connectivity index (χ3n) is 6.50.